The fourth-order valence-electron chi connectivity index (χ4n) is 2.04. The van der Waals surface area contributed by atoms with E-state index in [4.69, 9.17) is 11.6 Å². The molecule has 0 radical (unpaired) electrons. The summed E-state index contributed by atoms with van der Waals surface area (Å²) in [4.78, 5) is 3.96. The van der Waals surface area contributed by atoms with Crippen molar-refractivity contribution in [3.63, 3.8) is 0 Å². The van der Waals surface area contributed by atoms with Crippen molar-refractivity contribution in [2.45, 2.75) is 31.2 Å². The molecule has 0 unspecified atom stereocenters. The van der Waals surface area contributed by atoms with Crippen LogP contribution in [0.1, 0.15) is 30.9 Å². The van der Waals surface area contributed by atoms with Gasteiger partial charge in [0.1, 0.15) is 10.0 Å². The van der Waals surface area contributed by atoms with Gasteiger partial charge in [-0.2, -0.15) is 4.31 Å². The second kappa shape index (κ2) is 6.77. The fourth-order valence-corrected chi connectivity index (χ4v) is 3.26. The van der Waals surface area contributed by atoms with Crippen LogP contribution in [0.25, 0.3) is 0 Å². The van der Waals surface area contributed by atoms with E-state index in [1.54, 1.807) is 7.05 Å². The Balaban J connectivity index is 2.17. The zero-order valence-electron chi connectivity index (χ0n) is 12.8. The number of hydrogen-bond acceptors (Lipinski definition) is 3. The van der Waals surface area contributed by atoms with E-state index < -0.39 is 10.0 Å². The Kier molecular flexibility index (Phi) is 5.21. The van der Waals surface area contributed by atoms with Crippen molar-refractivity contribution in [3.05, 3.63) is 58.9 Å². The van der Waals surface area contributed by atoms with Crippen LogP contribution >= 0.6 is 11.6 Å². The molecule has 0 atom stereocenters. The Morgan fingerprint density at radius 3 is 2.27 bits per heavy atom. The molecule has 1 aromatic carbocycles. The number of sulfonamides is 1. The number of hydrogen-bond donors (Lipinski definition) is 0. The van der Waals surface area contributed by atoms with Crippen molar-refractivity contribution in [1.82, 2.24) is 9.29 Å². The Morgan fingerprint density at radius 2 is 1.77 bits per heavy atom. The SMILES string of the molecule is CC(C)c1ccc(CN(C)S(=O)(=O)c2ccc(Cl)nc2)cc1. The molecule has 118 valence electrons. The van der Waals surface area contributed by atoms with Gasteiger partial charge in [-0.05, 0) is 29.2 Å². The average Bonchev–Trinajstić information content (AvgIpc) is 2.48. The van der Waals surface area contributed by atoms with Gasteiger partial charge in [0.2, 0.25) is 10.0 Å². The summed E-state index contributed by atoms with van der Waals surface area (Å²) in [5, 5.41) is 0.269. The smallest absolute Gasteiger partial charge is 0.243 e. The van der Waals surface area contributed by atoms with Crippen LogP contribution in [-0.4, -0.2) is 24.8 Å². The van der Waals surface area contributed by atoms with Crippen LogP contribution in [-0.2, 0) is 16.6 Å². The number of aromatic nitrogens is 1. The quantitative estimate of drug-likeness (QED) is 0.781. The van der Waals surface area contributed by atoms with Gasteiger partial charge in [-0.25, -0.2) is 13.4 Å². The van der Waals surface area contributed by atoms with Crippen LogP contribution in [0, 0.1) is 0 Å². The van der Waals surface area contributed by atoms with Crippen LogP contribution < -0.4 is 0 Å². The highest BCUT2D eigenvalue weighted by molar-refractivity contribution is 7.89. The molecule has 0 saturated heterocycles. The first-order valence-electron chi connectivity index (χ1n) is 6.97. The highest BCUT2D eigenvalue weighted by Crippen LogP contribution is 2.19. The first kappa shape index (κ1) is 16.9. The molecular weight excluding hydrogens is 320 g/mol. The molecule has 0 aliphatic heterocycles. The van der Waals surface area contributed by atoms with Gasteiger partial charge in [-0.3, -0.25) is 0 Å². The summed E-state index contributed by atoms with van der Waals surface area (Å²) in [6.07, 6.45) is 1.27. The van der Waals surface area contributed by atoms with Gasteiger partial charge in [0.05, 0.1) is 0 Å². The zero-order chi connectivity index (χ0) is 16.3. The molecule has 0 bridgehead atoms. The lowest BCUT2D eigenvalue weighted by Gasteiger charge is -2.17. The Labute approximate surface area is 136 Å². The topological polar surface area (TPSA) is 50.3 Å². The second-order valence-electron chi connectivity index (χ2n) is 5.47. The maximum Gasteiger partial charge on any atom is 0.244 e. The molecule has 2 rings (SSSR count). The first-order valence-corrected chi connectivity index (χ1v) is 8.79. The lowest BCUT2D eigenvalue weighted by molar-refractivity contribution is 0.466. The lowest BCUT2D eigenvalue weighted by atomic mass is 10.0. The standard InChI is InChI=1S/C16H19ClN2O2S/c1-12(2)14-6-4-13(5-7-14)11-19(3)22(20,21)15-8-9-16(17)18-10-15/h4-10,12H,11H2,1-3H3. The van der Waals surface area contributed by atoms with E-state index in [2.05, 4.69) is 18.8 Å². The summed E-state index contributed by atoms with van der Waals surface area (Å²) in [5.74, 6) is 0.454. The molecule has 22 heavy (non-hydrogen) atoms. The number of rotatable bonds is 5. The average molecular weight is 339 g/mol. The van der Waals surface area contributed by atoms with Gasteiger partial charge >= 0.3 is 0 Å². The molecule has 0 spiro atoms. The van der Waals surface area contributed by atoms with Crippen LogP contribution in [0.3, 0.4) is 0 Å². The van der Waals surface area contributed by atoms with Crippen LogP contribution in [0.5, 0.6) is 0 Å². The summed E-state index contributed by atoms with van der Waals surface area (Å²) < 4.78 is 26.2. The second-order valence-corrected chi connectivity index (χ2v) is 7.91. The van der Waals surface area contributed by atoms with Crippen molar-refractivity contribution >= 4 is 21.6 Å². The van der Waals surface area contributed by atoms with Gasteiger partial charge in [0, 0.05) is 19.8 Å². The van der Waals surface area contributed by atoms with E-state index in [1.807, 2.05) is 24.3 Å². The van der Waals surface area contributed by atoms with E-state index >= 15 is 0 Å². The van der Waals surface area contributed by atoms with Crippen molar-refractivity contribution in [1.29, 1.82) is 0 Å². The third kappa shape index (κ3) is 3.85. The first-order chi connectivity index (χ1) is 10.3. The van der Waals surface area contributed by atoms with Crippen molar-refractivity contribution in [2.75, 3.05) is 7.05 Å². The molecule has 0 amide bonds. The normalized spacial score (nSPS) is 12.1. The van der Waals surface area contributed by atoms with Crippen LogP contribution in [0.2, 0.25) is 5.15 Å². The predicted molar refractivity (Wildman–Crippen MR) is 88.4 cm³/mol. The molecule has 4 nitrogen and oxygen atoms in total. The predicted octanol–water partition coefficient (Wildman–Crippen LogP) is 3.68. The highest BCUT2D eigenvalue weighted by Gasteiger charge is 2.21. The van der Waals surface area contributed by atoms with Gasteiger partial charge in [-0.1, -0.05) is 49.7 Å². The van der Waals surface area contributed by atoms with Gasteiger partial charge in [0.25, 0.3) is 0 Å². The Bertz CT molecular complexity index is 726. The summed E-state index contributed by atoms with van der Waals surface area (Å²) in [6, 6.07) is 10.9. The van der Waals surface area contributed by atoms with E-state index in [1.165, 1.54) is 28.2 Å². The van der Waals surface area contributed by atoms with E-state index in [-0.39, 0.29) is 10.0 Å². The van der Waals surface area contributed by atoms with E-state index in [0.717, 1.165) is 5.56 Å². The van der Waals surface area contributed by atoms with Crippen molar-refractivity contribution < 1.29 is 8.42 Å². The molecule has 1 aromatic heterocycles. The maximum absolute atomic E-state index is 12.5. The molecule has 0 aliphatic rings. The molecule has 0 saturated carbocycles. The van der Waals surface area contributed by atoms with Crippen LogP contribution in [0.15, 0.2) is 47.5 Å². The van der Waals surface area contributed by atoms with Crippen molar-refractivity contribution in [2.24, 2.45) is 0 Å². The highest BCUT2D eigenvalue weighted by atomic mass is 35.5. The monoisotopic (exact) mass is 338 g/mol. The molecule has 6 heteroatoms. The molecule has 0 fully saturated rings. The minimum atomic E-state index is -3.57. The largest absolute Gasteiger partial charge is 0.244 e. The minimum absolute atomic E-state index is 0.137. The van der Waals surface area contributed by atoms with Gasteiger partial charge < -0.3 is 0 Å². The number of nitrogens with zero attached hydrogens (tertiary/aromatic N) is 2. The number of pyridine rings is 1. The van der Waals surface area contributed by atoms with Gasteiger partial charge in [0.15, 0.2) is 0 Å². The Hall–Kier alpha value is -1.43. The molecular formula is C16H19ClN2O2S. The number of halogens is 1. The fraction of sp³-hybridized carbons (Fsp3) is 0.312. The Morgan fingerprint density at radius 1 is 1.14 bits per heavy atom. The molecule has 2 aromatic rings. The maximum atomic E-state index is 12.5. The number of benzene rings is 1. The van der Waals surface area contributed by atoms with E-state index in [0.29, 0.717) is 12.5 Å². The molecule has 0 aliphatic carbocycles. The van der Waals surface area contributed by atoms with Crippen molar-refractivity contribution in [3.8, 4) is 0 Å². The minimum Gasteiger partial charge on any atom is -0.243 e. The summed E-state index contributed by atoms with van der Waals surface area (Å²) in [5.41, 5.74) is 2.17. The third-order valence-corrected chi connectivity index (χ3v) is 5.47. The lowest BCUT2D eigenvalue weighted by Crippen LogP contribution is -2.26. The van der Waals surface area contributed by atoms with Gasteiger partial charge in [-0.15, -0.1) is 0 Å². The van der Waals surface area contributed by atoms with E-state index in [9.17, 15) is 8.42 Å². The summed E-state index contributed by atoms with van der Waals surface area (Å²) in [7, 11) is -2.01. The summed E-state index contributed by atoms with van der Waals surface area (Å²) in [6.45, 7) is 4.56. The van der Waals surface area contributed by atoms with Crippen LogP contribution in [0.4, 0.5) is 0 Å². The summed E-state index contributed by atoms with van der Waals surface area (Å²) >= 11 is 5.69. The molecule has 1 heterocycles. The zero-order valence-corrected chi connectivity index (χ0v) is 14.4. The third-order valence-electron chi connectivity index (χ3n) is 3.46. The molecule has 0 N–H and O–H groups in total.